The van der Waals surface area contributed by atoms with Crippen LogP contribution in [0.2, 0.25) is 0 Å². The molecule has 0 spiro atoms. The van der Waals surface area contributed by atoms with Gasteiger partial charge in [-0.2, -0.15) is 0 Å². The van der Waals surface area contributed by atoms with Gasteiger partial charge in [0, 0.05) is 30.9 Å². The van der Waals surface area contributed by atoms with Crippen molar-refractivity contribution in [3.63, 3.8) is 0 Å². The first-order valence-electron chi connectivity index (χ1n) is 11.3. The van der Waals surface area contributed by atoms with E-state index in [-0.39, 0.29) is 24.2 Å². The minimum Gasteiger partial charge on any atom is -0.493 e. The number of hydrogen-bond donors (Lipinski definition) is 3. The van der Waals surface area contributed by atoms with Gasteiger partial charge in [0.25, 0.3) is 0 Å². The zero-order valence-electron chi connectivity index (χ0n) is 18.6. The first kappa shape index (κ1) is 23.0. The number of hydrogen-bond acceptors (Lipinski definition) is 5. The van der Waals surface area contributed by atoms with Gasteiger partial charge in [-0.1, -0.05) is 12.1 Å². The van der Waals surface area contributed by atoms with Crippen molar-refractivity contribution < 1.29 is 23.8 Å². The minimum atomic E-state index is -0.988. The molecular weight excluding hydrogens is 427 g/mol. The molecular formula is C24H29FN4O4. The second-order valence-corrected chi connectivity index (χ2v) is 8.50. The van der Waals surface area contributed by atoms with Crippen LogP contribution < -0.4 is 15.4 Å². The van der Waals surface area contributed by atoms with Gasteiger partial charge in [0.15, 0.2) is 0 Å². The lowest BCUT2D eigenvalue weighted by Gasteiger charge is -2.37. The maximum absolute atomic E-state index is 15.4. The van der Waals surface area contributed by atoms with Gasteiger partial charge in [0.1, 0.15) is 17.3 Å². The van der Waals surface area contributed by atoms with Crippen molar-refractivity contribution >= 4 is 12.0 Å². The number of nitrogens with zero attached hydrogens (tertiary/aromatic N) is 2. The number of likely N-dealkylation sites (tertiary alicyclic amines) is 1. The molecule has 1 unspecified atom stereocenters. The van der Waals surface area contributed by atoms with E-state index in [1.54, 1.807) is 24.4 Å². The van der Waals surface area contributed by atoms with Crippen LogP contribution in [-0.4, -0.2) is 65.8 Å². The number of piperidine rings is 1. The highest BCUT2D eigenvalue weighted by Gasteiger charge is 2.43. The van der Waals surface area contributed by atoms with E-state index < -0.39 is 17.3 Å². The largest absolute Gasteiger partial charge is 0.493 e. The third-order valence-electron chi connectivity index (χ3n) is 6.52. The van der Waals surface area contributed by atoms with E-state index in [0.717, 1.165) is 0 Å². The summed E-state index contributed by atoms with van der Waals surface area (Å²) in [6.07, 6.45) is 2.17. The van der Waals surface area contributed by atoms with Gasteiger partial charge in [-0.05, 0) is 63.0 Å². The van der Waals surface area contributed by atoms with E-state index in [1.165, 1.54) is 11.0 Å². The van der Waals surface area contributed by atoms with Gasteiger partial charge in [-0.3, -0.25) is 9.78 Å². The van der Waals surface area contributed by atoms with Crippen molar-refractivity contribution in [3.8, 4) is 17.0 Å². The van der Waals surface area contributed by atoms with Crippen molar-refractivity contribution in [3.05, 3.63) is 47.9 Å². The highest BCUT2D eigenvalue weighted by atomic mass is 19.1. The molecule has 2 amide bonds. The Morgan fingerprint density at radius 1 is 1.33 bits per heavy atom. The van der Waals surface area contributed by atoms with Crippen LogP contribution >= 0.6 is 0 Å². The lowest BCUT2D eigenvalue weighted by Crippen LogP contribution is -2.53. The highest BCUT2D eigenvalue weighted by Crippen LogP contribution is 2.37. The molecule has 0 saturated carbocycles. The van der Waals surface area contributed by atoms with E-state index in [9.17, 15) is 14.7 Å². The number of carboxylic acid groups (broad SMARTS) is 1. The fourth-order valence-electron chi connectivity index (χ4n) is 4.72. The van der Waals surface area contributed by atoms with Crippen LogP contribution in [0.1, 0.15) is 31.7 Å². The highest BCUT2D eigenvalue weighted by molar-refractivity contribution is 5.89. The predicted octanol–water partition coefficient (Wildman–Crippen LogP) is 2.78. The lowest BCUT2D eigenvalue weighted by molar-refractivity contribution is -0.128. The van der Waals surface area contributed by atoms with Gasteiger partial charge in [-0.25, -0.2) is 9.18 Å². The summed E-state index contributed by atoms with van der Waals surface area (Å²) in [5.74, 6) is -0.161. The molecule has 4 rings (SSSR count). The molecule has 2 aliphatic rings. The molecule has 2 saturated heterocycles. The minimum absolute atomic E-state index is 0.181. The Hall–Kier alpha value is -3.20. The van der Waals surface area contributed by atoms with Gasteiger partial charge in [-0.15, -0.1) is 0 Å². The third-order valence-corrected chi connectivity index (χ3v) is 6.52. The molecule has 3 heterocycles. The normalized spacial score (nSPS) is 19.8. The van der Waals surface area contributed by atoms with E-state index in [0.29, 0.717) is 62.4 Å². The summed E-state index contributed by atoms with van der Waals surface area (Å²) in [6.45, 7) is 4.20. The molecule has 2 aliphatic heterocycles. The number of amides is 2. The fraction of sp³-hybridized carbons (Fsp3) is 0.458. The van der Waals surface area contributed by atoms with Crippen LogP contribution in [0.4, 0.5) is 9.18 Å². The Balaban J connectivity index is 1.62. The standard InChI is InChI=1S/C24H29FN4O4/c1-2-33-20-6-4-3-5-18(20)21-19(25)13-16(14-27-21)24(8-10-26-11-9-24)22(30)28-17-7-12-29(15-17)23(31)32/h3-6,13-14,17,26H,2,7-12,15H2,1H3,(H,28,30)(H,31,32). The van der Waals surface area contributed by atoms with E-state index >= 15 is 4.39 Å². The van der Waals surface area contributed by atoms with Gasteiger partial charge in [0.05, 0.1) is 12.0 Å². The van der Waals surface area contributed by atoms with Crippen molar-refractivity contribution in [2.45, 2.75) is 37.6 Å². The van der Waals surface area contributed by atoms with Crippen LogP contribution in [0.3, 0.4) is 0 Å². The average Bonchev–Trinajstić information content (AvgIpc) is 3.29. The number of ether oxygens (including phenoxy) is 1. The number of halogens is 1. The summed E-state index contributed by atoms with van der Waals surface area (Å²) in [5, 5.41) is 15.5. The molecule has 1 aromatic heterocycles. The molecule has 8 nitrogen and oxygen atoms in total. The number of nitrogens with one attached hydrogen (secondary N) is 2. The lowest BCUT2D eigenvalue weighted by atomic mass is 9.72. The van der Waals surface area contributed by atoms with E-state index in [2.05, 4.69) is 15.6 Å². The summed E-state index contributed by atoms with van der Waals surface area (Å²) in [7, 11) is 0. The number of carbonyl (C=O) groups is 2. The Morgan fingerprint density at radius 2 is 2.09 bits per heavy atom. The average molecular weight is 457 g/mol. The van der Waals surface area contributed by atoms with E-state index in [4.69, 9.17) is 4.74 Å². The summed E-state index contributed by atoms with van der Waals surface area (Å²) in [6, 6.07) is 8.32. The monoisotopic (exact) mass is 456 g/mol. The number of carbonyl (C=O) groups excluding carboxylic acids is 1. The van der Waals surface area contributed by atoms with Gasteiger partial charge in [0.2, 0.25) is 5.91 Å². The van der Waals surface area contributed by atoms with Crippen LogP contribution in [0, 0.1) is 5.82 Å². The number of rotatable bonds is 6. The molecule has 2 aromatic rings. The zero-order chi connectivity index (χ0) is 23.4. The smallest absolute Gasteiger partial charge is 0.407 e. The summed E-state index contributed by atoms with van der Waals surface area (Å²) < 4.78 is 21.0. The number of para-hydroxylation sites is 1. The van der Waals surface area contributed by atoms with Crippen LogP contribution in [0.15, 0.2) is 36.5 Å². The second kappa shape index (κ2) is 9.74. The maximum Gasteiger partial charge on any atom is 0.407 e. The summed E-state index contributed by atoms with van der Waals surface area (Å²) >= 11 is 0. The SMILES string of the molecule is CCOc1ccccc1-c1ncc(C2(C(=O)NC3CCN(C(=O)O)C3)CCNCC2)cc1F. The maximum atomic E-state index is 15.4. The molecule has 3 N–H and O–H groups in total. The number of pyridine rings is 1. The molecule has 1 atom stereocenters. The zero-order valence-corrected chi connectivity index (χ0v) is 18.6. The Kier molecular flexibility index (Phi) is 6.78. The Labute approximate surface area is 192 Å². The summed E-state index contributed by atoms with van der Waals surface area (Å²) in [5.41, 5.74) is 0.352. The first-order valence-corrected chi connectivity index (χ1v) is 11.3. The van der Waals surface area contributed by atoms with Crippen LogP contribution in [-0.2, 0) is 10.2 Å². The molecule has 0 aliphatic carbocycles. The van der Waals surface area contributed by atoms with E-state index in [1.807, 2.05) is 13.0 Å². The van der Waals surface area contributed by atoms with Crippen molar-refractivity contribution in [2.75, 3.05) is 32.8 Å². The second-order valence-electron chi connectivity index (χ2n) is 8.50. The predicted molar refractivity (Wildman–Crippen MR) is 121 cm³/mol. The Bertz CT molecular complexity index is 1030. The van der Waals surface area contributed by atoms with Crippen LogP contribution in [0.25, 0.3) is 11.3 Å². The van der Waals surface area contributed by atoms with Gasteiger partial charge < -0.3 is 25.4 Å². The molecule has 0 radical (unpaired) electrons. The fourth-order valence-corrected chi connectivity index (χ4v) is 4.72. The third kappa shape index (κ3) is 4.64. The van der Waals surface area contributed by atoms with Crippen molar-refractivity contribution in [1.82, 2.24) is 20.5 Å². The molecule has 176 valence electrons. The molecule has 33 heavy (non-hydrogen) atoms. The van der Waals surface area contributed by atoms with Gasteiger partial charge >= 0.3 is 6.09 Å². The molecule has 2 fully saturated rings. The summed E-state index contributed by atoms with van der Waals surface area (Å²) in [4.78, 5) is 30.4. The Morgan fingerprint density at radius 3 is 2.76 bits per heavy atom. The molecule has 0 bridgehead atoms. The van der Waals surface area contributed by atoms with Crippen molar-refractivity contribution in [1.29, 1.82) is 0 Å². The molecule has 9 heteroatoms. The number of aromatic nitrogens is 1. The van der Waals surface area contributed by atoms with Crippen molar-refractivity contribution in [2.24, 2.45) is 0 Å². The first-order chi connectivity index (χ1) is 15.9. The topological polar surface area (TPSA) is 104 Å². The quantitative estimate of drug-likeness (QED) is 0.618. The molecule has 1 aromatic carbocycles. The number of benzene rings is 1. The van der Waals surface area contributed by atoms with Crippen LogP contribution in [0.5, 0.6) is 5.75 Å².